The van der Waals surface area contributed by atoms with Crippen molar-refractivity contribution < 1.29 is 0 Å². The van der Waals surface area contributed by atoms with Gasteiger partial charge in [-0.15, -0.1) is 0 Å². The lowest BCUT2D eigenvalue weighted by Crippen LogP contribution is -2.15. The van der Waals surface area contributed by atoms with Gasteiger partial charge in [0.05, 0.1) is 10.0 Å². The van der Waals surface area contributed by atoms with E-state index >= 15 is 0 Å². The quantitative estimate of drug-likeness (QED) is 0.830. The number of halogens is 2. The molecule has 0 bridgehead atoms. The van der Waals surface area contributed by atoms with Gasteiger partial charge in [-0.3, -0.25) is 0 Å². The molecule has 0 aliphatic rings. The summed E-state index contributed by atoms with van der Waals surface area (Å²) in [6.07, 6.45) is 1.12. The molecule has 0 heterocycles. The van der Waals surface area contributed by atoms with Crippen LogP contribution in [0.3, 0.4) is 0 Å². The predicted molar refractivity (Wildman–Crippen MR) is 72.6 cm³/mol. The first-order chi connectivity index (χ1) is 7.56. The van der Waals surface area contributed by atoms with Gasteiger partial charge in [-0.2, -0.15) is 0 Å². The molecule has 0 amide bonds. The Morgan fingerprint density at radius 2 is 1.88 bits per heavy atom. The molecule has 3 heteroatoms. The minimum absolute atomic E-state index is 0.530. The van der Waals surface area contributed by atoms with E-state index < -0.39 is 0 Å². The zero-order chi connectivity index (χ0) is 12.1. The van der Waals surface area contributed by atoms with Crippen LogP contribution in [0.1, 0.15) is 31.7 Å². The van der Waals surface area contributed by atoms with E-state index in [0.717, 1.165) is 13.0 Å². The molecule has 0 saturated heterocycles. The lowest BCUT2D eigenvalue weighted by Gasteiger charge is -2.21. The summed E-state index contributed by atoms with van der Waals surface area (Å²) >= 11 is 12.0. The van der Waals surface area contributed by atoms with Crippen LogP contribution in [0.25, 0.3) is 0 Å². The molecule has 0 aliphatic heterocycles. The van der Waals surface area contributed by atoms with Crippen molar-refractivity contribution in [3.05, 3.63) is 33.8 Å². The van der Waals surface area contributed by atoms with Crippen LogP contribution in [-0.4, -0.2) is 13.6 Å². The number of hydrogen-bond acceptors (Lipinski definition) is 1. The van der Waals surface area contributed by atoms with Crippen LogP contribution in [-0.2, 0) is 0 Å². The summed E-state index contributed by atoms with van der Waals surface area (Å²) in [6.45, 7) is 5.49. The molecule has 0 spiro atoms. The van der Waals surface area contributed by atoms with Crippen molar-refractivity contribution in [2.24, 2.45) is 5.92 Å². The van der Waals surface area contributed by atoms with E-state index in [-0.39, 0.29) is 0 Å². The van der Waals surface area contributed by atoms with E-state index in [4.69, 9.17) is 23.2 Å². The summed E-state index contributed by atoms with van der Waals surface area (Å²) in [4.78, 5) is 0. The Kier molecular flexibility index (Phi) is 5.60. The third-order valence-corrected chi connectivity index (χ3v) is 3.62. The van der Waals surface area contributed by atoms with Crippen LogP contribution in [0.15, 0.2) is 18.2 Å². The molecule has 16 heavy (non-hydrogen) atoms. The van der Waals surface area contributed by atoms with Gasteiger partial charge in [-0.1, -0.05) is 43.1 Å². The molecule has 1 nitrogen and oxygen atoms in total. The van der Waals surface area contributed by atoms with E-state index in [2.05, 4.69) is 25.2 Å². The smallest absolute Gasteiger partial charge is 0.0595 e. The molecule has 1 N–H and O–H groups in total. The average Bonchev–Trinajstić information content (AvgIpc) is 2.23. The largest absolute Gasteiger partial charge is 0.320 e. The van der Waals surface area contributed by atoms with Gasteiger partial charge in [0.15, 0.2) is 0 Å². The molecular weight excluding hydrogens is 241 g/mol. The maximum Gasteiger partial charge on any atom is 0.0595 e. The second-order valence-electron chi connectivity index (χ2n) is 4.42. The van der Waals surface area contributed by atoms with Crippen molar-refractivity contribution >= 4 is 23.2 Å². The first-order valence-corrected chi connectivity index (χ1v) is 6.41. The Morgan fingerprint density at radius 3 is 2.38 bits per heavy atom. The van der Waals surface area contributed by atoms with Crippen molar-refractivity contribution in [3.63, 3.8) is 0 Å². The van der Waals surface area contributed by atoms with Crippen LogP contribution in [0.4, 0.5) is 0 Å². The second-order valence-corrected chi connectivity index (χ2v) is 5.23. The Balaban J connectivity index is 2.88. The van der Waals surface area contributed by atoms with Gasteiger partial charge in [-0.25, -0.2) is 0 Å². The molecule has 0 radical (unpaired) electrons. The molecule has 1 atom stereocenters. The molecule has 0 fully saturated rings. The molecule has 1 aromatic carbocycles. The summed E-state index contributed by atoms with van der Waals surface area (Å²) in [5.41, 5.74) is 1.28. The molecule has 1 unspecified atom stereocenters. The minimum atomic E-state index is 0.530. The van der Waals surface area contributed by atoms with Gasteiger partial charge in [0.25, 0.3) is 0 Å². The summed E-state index contributed by atoms with van der Waals surface area (Å²) in [5, 5.41) is 4.46. The van der Waals surface area contributed by atoms with Crippen LogP contribution < -0.4 is 5.32 Å². The maximum atomic E-state index is 6.05. The highest BCUT2D eigenvalue weighted by Gasteiger charge is 2.16. The van der Waals surface area contributed by atoms with E-state index in [9.17, 15) is 0 Å². The summed E-state index contributed by atoms with van der Waals surface area (Å²) in [6, 6.07) is 5.95. The standard InChI is InChI=1S/C13H19Cl2N/c1-9(2)11(6-7-16-3)10-4-5-12(14)13(15)8-10/h4-5,8-9,11,16H,6-7H2,1-3H3. The third-order valence-electron chi connectivity index (χ3n) is 2.88. The normalized spacial score (nSPS) is 13.1. The summed E-state index contributed by atoms with van der Waals surface area (Å²) < 4.78 is 0. The fourth-order valence-electron chi connectivity index (χ4n) is 1.93. The third kappa shape index (κ3) is 3.65. The van der Waals surface area contributed by atoms with E-state index in [1.807, 2.05) is 19.2 Å². The van der Waals surface area contributed by atoms with Gasteiger partial charge in [-0.05, 0) is 49.5 Å². The van der Waals surface area contributed by atoms with Gasteiger partial charge in [0.1, 0.15) is 0 Å². The van der Waals surface area contributed by atoms with Crippen molar-refractivity contribution in [2.45, 2.75) is 26.2 Å². The highest BCUT2D eigenvalue weighted by atomic mass is 35.5. The van der Waals surface area contributed by atoms with Crippen molar-refractivity contribution in [1.82, 2.24) is 5.32 Å². The predicted octanol–water partition coefficient (Wildman–Crippen LogP) is 4.34. The van der Waals surface area contributed by atoms with E-state index in [1.54, 1.807) is 0 Å². The number of rotatable bonds is 5. The number of nitrogens with one attached hydrogen (secondary N) is 1. The van der Waals surface area contributed by atoms with E-state index in [0.29, 0.717) is 21.9 Å². The Labute approximate surface area is 108 Å². The Morgan fingerprint density at radius 1 is 1.19 bits per heavy atom. The topological polar surface area (TPSA) is 12.0 Å². The molecule has 0 aromatic heterocycles. The maximum absolute atomic E-state index is 6.05. The van der Waals surface area contributed by atoms with Gasteiger partial charge in [0, 0.05) is 0 Å². The van der Waals surface area contributed by atoms with Gasteiger partial charge in [0.2, 0.25) is 0 Å². The van der Waals surface area contributed by atoms with Crippen molar-refractivity contribution in [2.75, 3.05) is 13.6 Å². The monoisotopic (exact) mass is 259 g/mol. The lowest BCUT2D eigenvalue weighted by molar-refractivity contribution is 0.461. The Bertz CT molecular complexity index is 337. The number of hydrogen-bond donors (Lipinski definition) is 1. The van der Waals surface area contributed by atoms with Crippen molar-refractivity contribution in [1.29, 1.82) is 0 Å². The summed E-state index contributed by atoms with van der Waals surface area (Å²) in [7, 11) is 1.98. The lowest BCUT2D eigenvalue weighted by atomic mass is 9.86. The molecule has 0 saturated carbocycles. The average molecular weight is 260 g/mol. The first-order valence-electron chi connectivity index (χ1n) is 5.65. The first kappa shape index (κ1) is 13.8. The summed E-state index contributed by atoms with van der Waals surface area (Å²) in [5.74, 6) is 1.13. The van der Waals surface area contributed by atoms with Crippen molar-refractivity contribution in [3.8, 4) is 0 Å². The number of benzene rings is 1. The zero-order valence-electron chi connectivity index (χ0n) is 10.1. The second kappa shape index (κ2) is 6.48. The molecule has 0 aliphatic carbocycles. The van der Waals surface area contributed by atoms with Crippen LogP contribution in [0.5, 0.6) is 0 Å². The molecule has 1 aromatic rings. The fourth-order valence-corrected chi connectivity index (χ4v) is 2.23. The van der Waals surface area contributed by atoms with Crippen LogP contribution in [0, 0.1) is 5.92 Å². The van der Waals surface area contributed by atoms with Gasteiger partial charge < -0.3 is 5.32 Å². The minimum Gasteiger partial charge on any atom is -0.320 e. The highest BCUT2D eigenvalue weighted by molar-refractivity contribution is 6.42. The molecular formula is C13H19Cl2N. The molecule has 1 rings (SSSR count). The van der Waals surface area contributed by atoms with Crippen LogP contribution in [0.2, 0.25) is 10.0 Å². The molecule has 90 valence electrons. The van der Waals surface area contributed by atoms with E-state index in [1.165, 1.54) is 5.56 Å². The SMILES string of the molecule is CNCCC(c1ccc(Cl)c(Cl)c1)C(C)C. The zero-order valence-corrected chi connectivity index (χ0v) is 11.6. The highest BCUT2D eigenvalue weighted by Crippen LogP contribution is 2.32. The Hall–Kier alpha value is -0.240. The van der Waals surface area contributed by atoms with Crippen LogP contribution >= 0.6 is 23.2 Å². The fraction of sp³-hybridized carbons (Fsp3) is 0.538. The van der Waals surface area contributed by atoms with Gasteiger partial charge >= 0.3 is 0 Å².